The molecule has 1 aromatic heterocycles. The number of nitrogens with zero attached hydrogens (tertiary/aromatic N) is 1. The SMILES string of the molecule is Cc1ccc(C(=O)Nc2cc(-c3nc4ccccc4[nH]3)ccc2Cl)cc1. The molecule has 4 rings (SSSR count). The van der Waals surface area contributed by atoms with Crippen LogP contribution in [0.2, 0.25) is 5.02 Å². The Balaban J connectivity index is 1.65. The van der Waals surface area contributed by atoms with Gasteiger partial charge in [-0.3, -0.25) is 4.79 Å². The van der Waals surface area contributed by atoms with Gasteiger partial charge in [0.05, 0.1) is 21.7 Å². The van der Waals surface area contributed by atoms with Crippen molar-refractivity contribution in [2.75, 3.05) is 5.32 Å². The van der Waals surface area contributed by atoms with E-state index < -0.39 is 0 Å². The molecule has 3 aromatic carbocycles. The van der Waals surface area contributed by atoms with Crippen LogP contribution in [0.3, 0.4) is 0 Å². The number of carbonyl (C=O) groups is 1. The number of fused-ring (bicyclic) bond motifs is 1. The van der Waals surface area contributed by atoms with E-state index in [1.165, 1.54) is 0 Å². The maximum Gasteiger partial charge on any atom is 0.255 e. The van der Waals surface area contributed by atoms with Crippen LogP contribution in [0.4, 0.5) is 5.69 Å². The first-order chi connectivity index (χ1) is 12.6. The molecule has 1 amide bonds. The summed E-state index contributed by atoms with van der Waals surface area (Å²) in [5.41, 5.74) is 4.94. The van der Waals surface area contributed by atoms with E-state index in [1.54, 1.807) is 18.2 Å². The molecular formula is C21H16ClN3O. The van der Waals surface area contributed by atoms with Crippen molar-refractivity contribution in [2.24, 2.45) is 0 Å². The average Bonchev–Trinajstić information content (AvgIpc) is 3.08. The fourth-order valence-corrected chi connectivity index (χ4v) is 2.92. The molecule has 0 unspecified atom stereocenters. The summed E-state index contributed by atoms with van der Waals surface area (Å²) in [6, 6.07) is 20.7. The molecule has 128 valence electrons. The lowest BCUT2D eigenvalue weighted by Crippen LogP contribution is -2.12. The normalized spacial score (nSPS) is 10.8. The molecule has 5 heteroatoms. The zero-order chi connectivity index (χ0) is 18.1. The van der Waals surface area contributed by atoms with Gasteiger partial charge in [-0.25, -0.2) is 4.98 Å². The van der Waals surface area contributed by atoms with Gasteiger partial charge in [-0.15, -0.1) is 0 Å². The number of H-pyrrole nitrogens is 1. The fourth-order valence-electron chi connectivity index (χ4n) is 2.76. The topological polar surface area (TPSA) is 57.8 Å². The predicted octanol–water partition coefficient (Wildman–Crippen LogP) is 5.44. The second kappa shape index (κ2) is 6.65. The number of aryl methyl sites for hydroxylation is 1. The summed E-state index contributed by atoms with van der Waals surface area (Å²) in [6.07, 6.45) is 0. The molecule has 0 saturated carbocycles. The number of para-hydroxylation sites is 2. The van der Waals surface area contributed by atoms with Gasteiger partial charge in [-0.05, 0) is 49.4 Å². The lowest BCUT2D eigenvalue weighted by atomic mass is 10.1. The summed E-state index contributed by atoms with van der Waals surface area (Å²) in [4.78, 5) is 20.3. The minimum atomic E-state index is -0.200. The number of carbonyl (C=O) groups excluding carboxylic acids is 1. The van der Waals surface area contributed by atoms with E-state index in [0.29, 0.717) is 16.3 Å². The van der Waals surface area contributed by atoms with Crippen LogP contribution in [0.15, 0.2) is 66.7 Å². The second-order valence-electron chi connectivity index (χ2n) is 6.12. The first-order valence-electron chi connectivity index (χ1n) is 8.23. The van der Waals surface area contributed by atoms with Gasteiger partial charge in [0.1, 0.15) is 5.82 Å². The van der Waals surface area contributed by atoms with E-state index in [0.717, 1.165) is 28.0 Å². The molecule has 0 aliphatic carbocycles. The van der Waals surface area contributed by atoms with Crippen molar-refractivity contribution >= 4 is 34.2 Å². The predicted molar refractivity (Wildman–Crippen MR) is 106 cm³/mol. The largest absolute Gasteiger partial charge is 0.338 e. The van der Waals surface area contributed by atoms with E-state index in [-0.39, 0.29) is 5.91 Å². The molecule has 4 nitrogen and oxygen atoms in total. The molecule has 0 atom stereocenters. The molecule has 2 N–H and O–H groups in total. The third-order valence-corrected chi connectivity index (χ3v) is 4.52. The van der Waals surface area contributed by atoms with Crippen molar-refractivity contribution in [3.63, 3.8) is 0 Å². The third-order valence-electron chi connectivity index (χ3n) is 4.19. The summed E-state index contributed by atoms with van der Waals surface area (Å²) in [5, 5.41) is 3.35. The highest BCUT2D eigenvalue weighted by Crippen LogP contribution is 2.29. The van der Waals surface area contributed by atoms with Gasteiger partial charge < -0.3 is 10.3 Å². The number of halogens is 1. The van der Waals surface area contributed by atoms with Gasteiger partial charge in [0, 0.05) is 11.1 Å². The van der Waals surface area contributed by atoms with Gasteiger partial charge in [0.25, 0.3) is 5.91 Å². The number of aromatic amines is 1. The molecule has 0 spiro atoms. The van der Waals surface area contributed by atoms with Crippen LogP contribution in [-0.4, -0.2) is 15.9 Å². The van der Waals surface area contributed by atoms with Crippen LogP contribution in [0.5, 0.6) is 0 Å². The highest BCUT2D eigenvalue weighted by Gasteiger charge is 2.11. The number of amides is 1. The van der Waals surface area contributed by atoms with Crippen LogP contribution >= 0.6 is 11.6 Å². The molecule has 4 aromatic rings. The number of benzene rings is 3. The van der Waals surface area contributed by atoms with E-state index >= 15 is 0 Å². The Kier molecular flexibility index (Phi) is 4.19. The highest BCUT2D eigenvalue weighted by molar-refractivity contribution is 6.34. The first-order valence-corrected chi connectivity index (χ1v) is 8.61. The zero-order valence-electron chi connectivity index (χ0n) is 14.1. The Morgan fingerprint density at radius 3 is 2.58 bits per heavy atom. The van der Waals surface area contributed by atoms with Gasteiger partial charge in [-0.1, -0.05) is 41.4 Å². The third kappa shape index (κ3) is 3.19. The number of nitrogens with one attached hydrogen (secondary N) is 2. The summed E-state index contributed by atoms with van der Waals surface area (Å²) in [5.74, 6) is 0.530. The number of aromatic nitrogens is 2. The lowest BCUT2D eigenvalue weighted by molar-refractivity contribution is 0.102. The summed E-state index contributed by atoms with van der Waals surface area (Å²) >= 11 is 6.27. The molecule has 0 radical (unpaired) electrons. The Morgan fingerprint density at radius 1 is 1.04 bits per heavy atom. The molecule has 1 heterocycles. The van der Waals surface area contributed by atoms with Crippen LogP contribution in [0, 0.1) is 6.92 Å². The summed E-state index contributed by atoms with van der Waals surface area (Å²) < 4.78 is 0. The van der Waals surface area contributed by atoms with Crippen LogP contribution < -0.4 is 5.32 Å². The Bertz CT molecular complexity index is 1070. The Hall–Kier alpha value is -3.11. The summed E-state index contributed by atoms with van der Waals surface area (Å²) in [7, 11) is 0. The van der Waals surface area contributed by atoms with E-state index in [1.807, 2.05) is 55.5 Å². The number of imidazole rings is 1. The molecule has 0 saturated heterocycles. The molecule has 0 bridgehead atoms. The quantitative estimate of drug-likeness (QED) is 0.510. The van der Waals surface area contributed by atoms with Gasteiger partial charge in [0.15, 0.2) is 0 Å². The lowest BCUT2D eigenvalue weighted by Gasteiger charge is -2.09. The van der Waals surface area contributed by atoms with Crippen molar-refractivity contribution in [2.45, 2.75) is 6.92 Å². The maximum absolute atomic E-state index is 12.5. The molecule has 0 aliphatic heterocycles. The molecular weight excluding hydrogens is 346 g/mol. The van der Waals surface area contributed by atoms with Crippen molar-refractivity contribution in [3.05, 3.63) is 82.9 Å². The highest BCUT2D eigenvalue weighted by atomic mass is 35.5. The van der Waals surface area contributed by atoms with Crippen molar-refractivity contribution in [1.29, 1.82) is 0 Å². The van der Waals surface area contributed by atoms with Gasteiger partial charge in [0.2, 0.25) is 0 Å². The first kappa shape index (κ1) is 16.4. The van der Waals surface area contributed by atoms with Crippen LogP contribution in [-0.2, 0) is 0 Å². The standard InChI is InChI=1S/C21H16ClN3O/c1-13-6-8-14(9-7-13)21(26)25-19-12-15(10-11-16(19)22)20-23-17-4-2-3-5-18(17)24-20/h2-12H,1H3,(H,23,24)(H,25,26). The van der Waals surface area contributed by atoms with Crippen LogP contribution in [0.1, 0.15) is 15.9 Å². The van der Waals surface area contributed by atoms with Crippen LogP contribution in [0.25, 0.3) is 22.4 Å². The minimum Gasteiger partial charge on any atom is -0.338 e. The Morgan fingerprint density at radius 2 is 1.81 bits per heavy atom. The van der Waals surface area contributed by atoms with Gasteiger partial charge in [-0.2, -0.15) is 0 Å². The van der Waals surface area contributed by atoms with E-state index in [9.17, 15) is 4.79 Å². The summed E-state index contributed by atoms with van der Waals surface area (Å²) in [6.45, 7) is 1.98. The second-order valence-corrected chi connectivity index (χ2v) is 6.52. The number of rotatable bonds is 3. The van der Waals surface area contributed by atoms with Gasteiger partial charge >= 0.3 is 0 Å². The average molecular weight is 362 g/mol. The molecule has 26 heavy (non-hydrogen) atoms. The number of hydrogen-bond donors (Lipinski definition) is 2. The zero-order valence-corrected chi connectivity index (χ0v) is 14.8. The minimum absolute atomic E-state index is 0.200. The fraction of sp³-hybridized carbons (Fsp3) is 0.0476. The van der Waals surface area contributed by atoms with Crippen molar-refractivity contribution in [3.8, 4) is 11.4 Å². The monoisotopic (exact) mass is 361 g/mol. The Labute approximate surface area is 155 Å². The smallest absolute Gasteiger partial charge is 0.255 e. The molecule has 0 fully saturated rings. The number of hydrogen-bond acceptors (Lipinski definition) is 2. The van der Waals surface area contributed by atoms with E-state index in [2.05, 4.69) is 15.3 Å². The van der Waals surface area contributed by atoms with E-state index in [4.69, 9.17) is 11.6 Å². The molecule has 0 aliphatic rings. The maximum atomic E-state index is 12.5. The van der Waals surface area contributed by atoms with Crippen molar-refractivity contribution in [1.82, 2.24) is 9.97 Å². The number of anilines is 1. The van der Waals surface area contributed by atoms with Crippen molar-refractivity contribution < 1.29 is 4.79 Å².